The molecule has 4 heteroatoms. The van der Waals surface area contributed by atoms with Gasteiger partial charge in [0, 0.05) is 35.3 Å². The summed E-state index contributed by atoms with van der Waals surface area (Å²) >= 11 is 0. The minimum Gasteiger partial charge on any atom is -0.423 e. The number of nitrogens with one attached hydrogen (secondary N) is 1. The zero-order valence-corrected chi connectivity index (χ0v) is 14.2. The first-order chi connectivity index (χ1) is 11.3. The van der Waals surface area contributed by atoms with E-state index in [4.69, 9.17) is 4.42 Å². The number of benzene rings is 1. The second kappa shape index (κ2) is 4.82. The number of hydrogen-bond acceptors (Lipinski definition) is 4. The molecule has 24 heavy (non-hydrogen) atoms. The van der Waals surface area contributed by atoms with Gasteiger partial charge in [0.25, 0.3) is 0 Å². The molecule has 2 saturated carbocycles. The fourth-order valence-electron chi connectivity index (χ4n) is 4.46. The monoisotopic (exact) mass is 323 g/mol. The lowest BCUT2D eigenvalue weighted by Gasteiger charge is -2.20. The van der Waals surface area contributed by atoms with E-state index in [0.717, 1.165) is 22.3 Å². The van der Waals surface area contributed by atoms with Crippen molar-refractivity contribution in [3.05, 3.63) is 52.5 Å². The van der Waals surface area contributed by atoms with Crippen molar-refractivity contribution in [1.82, 2.24) is 0 Å². The Bertz CT molecular complexity index is 938. The molecule has 0 unspecified atom stereocenters. The van der Waals surface area contributed by atoms with Crippen molar-refractivity contribution in [2.24, 2.45) is 23.2 Å². The Morgan fingerprint density at radius 2 is 2.04 bits per heavy atom. The van der Waals surface area contributed by atoms with E-state index in [9.17, 15) is 9.59 Å². The molecule has 1 heterocycles. The number of rotatable bonds is 3. The van der Waals surface area contributed by atoms with Crippen molar-refractivity contribution < 1.29 is 9.21 Å². The molecular formula is C20H21NO3. The fraction of sp³-hybridized carbons (Fsp3) is 0.400. The average Bonchev–Trinajstić information content (AvgIpc) is 2.85. The van der Waals surface area contributed by atoms with Crippen LogP contribution in [0.5, 0.6) is 0 Å². The van der Waals surface area contributed by atoms with Gasteiger partial charge in [0.1, 0.15) is 11.4 Å². The summed E-state index contributed by atoms with van der Waals surface area (Å²) in [7, 11) is 0. The number of fused-ring (bicyclic) bond motifs is 2. The third-order valence-electron chi connectivity index (χ3n) is 5.90. The minimum atomic E-state index is -0.357. The van der Waals surface area contributed by atoms with Gasteiger partial charge in [0.2, 0.25) is 0 Å². The van der Waals surface area contributed by atoms with Gasteiger partial charge in [-0.2, -0.15) is 0 Å². The Balaban J connectivity index is 1.61. The average molecular weight is 323 g/mol. The molecule has 1 aromatic carbocycles. The Morgan fingerprint density at radius 1 is 1.29 bits per heavy atom. The molecule has 0 bridgehead atoms. The molecule has 3 atom stereocenters. The Kier molecular flexibility index (Phi) is 3.05. The van der Waals surface area contributed by atoms with Crippen LogP contribution in [-0.2, 0) is 4.79 Å². The van der Waals surface area contributed by atoms with Crippen LogP contribution in [0.25, 0.3) is 11.0 Å². The molecule has 4 rings (SSSR count). The lowest BCUT2D eigenvalue weighted by molar-refractivity contribution is -0.121. The molecule has 2 fully saturated rings. The Hall–Kier alpha value is -2.36. The van der Waals surface area contributed by atoms with Crippen LogP contribution in [0.1, 0.15) is 25.8 Å². The van der Waals surface area contributed by atoms with Crippen LogP contribution in [0.3, 0.4) is 0 Å². The molecule has 1 N–H and O–H groups in total. The first-order valence-electron chi connectivity index (χ1n) is 8.32. The molecular weight excluding hydrogens is 302 g/mol. The zero-order chi connectivity index (χ0) is 17.2. The van der Waals surface area contributed by atoms with Crippen molar-refractivity contribution >= 4 is 22.4 Å². The van der Waals surface area contributed by atoms with E-state index in [1.807, 2.05) is 19.1 Å². The molecule has 1 aromatic heterocycles. The predicted molar refractivity (Wildman–Crippen MR) is 93.9 cm³/mol. The number of hydrogen-bond donors (Lipinski definition) is 1. The fourth-order valence-corrected chi connectivity index (χ4v) is 4.46. The summed E-state index contributed by atoms with van der Waals surface area (Å²) in [6, 6.07) is 7.13. The van der Waals surface area contributed by atoms with Gasteiger partial charge in [0.15, 0.2) is 0 Å². The van der Waals surface area contributed by atoms with Crippen LogP contribution in [-0.4, -0.2) is 5.78 Å². The molecule has 2 aliphatic rings. The summed E-state index contributed by atoms with van der Waals surface area (Å²) < 4.78 is 5.28. The van der Waals surface area contributed by atoms with Crippen molar-refractivity contribution in [1.29, 1.82) is 0 Å². The molecule has 4 nitrogen and oxygen atoms in total. The van der Waals surface area contributed by atoms with Gasteiger partial charge < -0.3 is 9.73 Å². The molecule has 2 aromatic rings. The van der Waals surface area contributed by atoms with Crippen LogP contribution >= 0.6 is 0 Å². The predicted octanol–water partition coefficient (Wildman–Crippen LogP) is 3.89. The molecule has 0 saturated heterocycles. The van der Waals surface area contributed by atoms with E-state index in [1.165, 1.54) is 6.07 Å². The highest BCUT2D eigenvalue weighted by Gasteiger charge is 2.67. The van der Waals surface area contributed by atoms with Gasteiger partial charge >= 0.3 is 5.63 Å². The second-order valence-electron chi connectivity index (χ2n) is 7.71. The normalized spacial score (nSPS) is 27.1. The number of Topliss-reactive ketones (excluding diaryl/α,β-unsaturated/α-hetero) is 1. The maximum absolute atomic E-state index is 12.3. The van der Waals surface area contributed by atoms with Crippen LogP contribution < -0.4 is 10.9 Å². The lowest BCUT2D eigenvalue weighted by Crippen LogP contribution is -2.22. The van der Waals surface area contributed by atoms with Crippen LogP contribution in [0.2, 0.25) is 0 Å². The minimum absolute atomic E-state index is 0.120. The van der Waals surface area contributed by atoms with Crippen molar-refractivity contribution in [2.45, 2.75) is 27.2 Å². The first-order valence-corrected chi connectivity index (χ1v) is 8.32. The summed E-state index contributed by atoms with van der Waals surface area (Å²) in [5.41, 5.74) is 2.84. The zero-order valence-electron chi connectivity index (χ0n) is 14.2. The summed E-state index contributed by atoms with van der Waals surface area (Å²) in [5, 5.41) is 4.17. The van der Waals surface area contributed by atoms with Gasteiger partial charge in [0.05, 0.1) is 5.92 Å². The SMILES string of the molecule is C=C(Nc1ccc2c(C)cc(=O)oc2c1)[C@@H]1C(=O)C[C@H]2[C@@H]1C2(C)C. The molecule has 0 spiro atoms. The Morgan fingerprint density at radius 3 is 2.75 bits per heavy atom. The lowest BCUT2D eigenvalue weighted by atomic mass is 9.89. The highest BCUT2D eigenvalue weighted by molar-refractivity contribution is 5.90. The second-order valence-corrected chi connectivity index (χ2v) is 7.71. The van der Waals surface area contributed by atoms with Crippen LogP contribution in [0.4, 0.5) is 5.69 Å². The van der Waals surface area contributed by atoms with E-state index in [-0.39, 0.29) is 22.7 Å². The standard InChI is InChI=1S/C20H21NO3/c1-10-7-17(23)24-16-8-12(5-6-13(10)16)21-11(2)18-15(22)9-14-19(18)20(14,3)4/h5-8,14,18-19,21H,2,9H2,1,3-4H3/t14-,18+,19-/m0/s1. The molecule has 2 aliphatic carbocycles. The molecule has 0 amide bonds. The van der Waals surface area contributed by atoms with Gasteiger partial charge in [-0.25, -0.2) is 4.79 Å². The number of anilines is 1. The third-order valence-corrected chi connectivity index (χ3v) is 5.90. The van der Waals surface area contributed by atoms with E-state index >= 15 is 0 Å². The van der Waals surface area contributed by atoms with E-state index in [2.05, 4.69) is 25.7 Å². The van der Waals surface area contributed by atoms with Crippen LogP contribution in [0, 0.1) is 30.1 Å². The maximum Gasteiger partial charge on any atom is 0.336 e. The summed E-state index contributed by atoms with van der Waals surface area (Å²) in [4.78, 5) is 23.8. The largest absolute Gasteiger partial charge is 0.423 e. The molecule has 124 valence electrons. The topological polar surface area (TPSA) is 59.3 Å². The summed E-state index contributed by atoms with van der Waals surface area (Å²) in [6.45, 7) is 10.5. The first kappa shape index (κ1) is 15.2. The number of ketones is 1. The molecule has 0 radical (unpaired) electrons. The van der Waals surface area contributed by atoms with Gasteiger partial charge in [-0.3, -0.25) is 4.79 Å². The number of carbonyl (C=O) groups is 1. The number of allylic oxidation sites excluding steroid dienone is 1. The number of aryl methyl sites for hydroxylation is 1. The highest BCUT2D eigenvalue weighted by Crippen LogP contribution is 2.68. The summed E-state index contributed by atoms with van der Waals surface area (Å²) in [6.07, 6.45) is 0.662. The smallest absolute Gasteiger partial charge is 0.336 e. The van der Waals surface area contributed by atoms with Crippen LogP contribution in [0.15, 0.2) is 45.8 Å². The third kappa shape index (κ3) is 2.13. The van der Waals surface area contributed by atoms with E-state index < -0.39 is 0 Å². The van der Waals surface area contributed by atoms with Crippen molar-refractivity contribution in [3.8, 4) is 0 Å². The van der Waals surface area contributed by atoms with Crippen molar-refractivity contribution in [3.63, 3.8) is 0 Å². The highest BCUT2D eigenvalue weighted by atomic mass is 16.4. The molecule has 0 aliphatic heterocycles. The van der Waals surface area contributed by atoms with Gasteiger partial charge in [-0.1, -0.05) is 20.4 Å². The summed E-state index contributed by atoms with van der Waals surface area (Å²) in [5.74, 6) is 1.05. The van der Waals surface area contributed by atoms with Crippen molar-refractivity contribution in [2.75, 3.05) is 5.32 Å². The van der Waals surface area contributed by atoms with E-state index in [1.54, 1.807) is 6.07 Å². The van der Waals surface area contributed by atoms with E-state index in [0.29, 0.717) is 23.8 Å². The maximum atomic E-state index is 12.3. The quantitative estimate of drug-likeness (QED) is 0.871. The Labute approximate surface area is 140 Å². The van der Waals surface area contributed by atoms with Gasteiger partial charge in [-0.05, 0) is 41.9 Å². The van der Waals surface area contributed by atoms with Gasteiger partial charge in [-0.15, -0.1) is 0 Å². The number of carbonyl (C=O) groups excluding carboxylic acids is 1.